The lowest BCUT2D eigenvalue weighted by Gasteiger charge is -2.14. The molecule has 1 aromatic heterocycles. The first kappa shape index (κ1) is 14.7. The van der Waals surface area contributed by atoms with Gasteiger partial charge in [0.1, 0.15) is 0 Å². The fourth-order valence-corrected chi connectivity index (χ4v) is 3.32. The van der Waals surface area contributed by atoms with Crippen LogP contribution in [0.15, 0.2) is 18.5 Å². The number of hydrogen-bond donors (Lipinski definition) is 0. The second-order valence-electron chi connectivity index (χ2n) is 5.54. The summed E-state index contributed by atoms with van der Waals surface area (Å²) in [6.07, 6.45) is 4.94. The van der Waals surface area contributed by atoms with Crippen LogP contribution in [-0.2, 0) is 9.53 Å². The van der Waals surface area contributed by atoms with Crippen molar-refractivity contribution in [3.05, 3.63) is 28.5 Å². The number of esters is 1. The Bertz CT molecular complexity index is 684. The van der Waals surface area contributed by atoms with Gasteiger partial charge in [0.15, 0.2) is 0 Å². The molecule has 1 aliphatic rings. The van der Waals surface area contributed by atoms with E-state index < -0.39 is 0 Å². The molecule has 112 valence electrons. The highest BCUT2D eigenvalue weighted by Gasteiger charge is 2.27. The number of hydrogen-bond acceptors (Lipinski definition) is 3. The second-order valence-corrected chi connectivity index (χ2v) is 6.36. The van der Waals surface area contributed by atoms with Crippen LogP contribution in [0.1, 0.15) is 32.2 Å². The molecule has 1 aliphatic carbocycles. The van der Waals surface area contributed by atoms with E-state index in [0.29, 0.717) is 28.6 Å². The molecule has 0 N–H and O–H groups in total. The maximum absolute atomic E-state index is 10.9. The molecular formula is C15H16Cl2N2O2. The highest BCUT2D eigenvalue weighted by Crippen LogP contribution is 2.37. The minimum absolute atomic E-state index is 0.215. The van der Waals surface area contributed by atoms with Crippen LogP contribution in [-0.4, -0.2) is 22.1 Å². The number of imidazole rings is 1. The van der Waals surface area contributed by atoms with Gasteiger partial charge in [0.2, 0.25) is 0 Å². The summed E-state index contributed by atoms with van der Waals surface area (Å²) in [4.78, 5) is 15.3. The quantitative estimate of drug-likeness (QED) is 0.792. The van der Waals surface area contributed by atoms with Crippen LogP contribution >= 0.6 is 23.2 Å². The summed E-state index contributed by atoms with van der Waals surface area (Å²) in [7, 11) is 0. The van der Waals surface area contributed by atoms with Crippen molar-refractivity contribution in [2.24, 2.45) is 5.92 Å². The molecule has 1 aromatic carbocycles. The zero-order valence-electron chi connectivity index (χ0n) is 11.7. The fourth-order valence-electron chi connectivity index (χ4n) is 3.00. The number of fused-ring (bicyclic) bond motifs is 1. The fraction of sp³-hybridized carbons (Fsp3) is 0.467. The Balaban J connectivity index is 1.79. The normalized spacial score (nSPS) is 21.9. The van der Waals surface area contributed by atoms with E-state index in [9.17, 15) is 4.79 Å². The van der Waals surface area contributed by atoms with Crippen molar-refractivity contribution >= 4 is 40.2 Å². The van der Waals surface area contributed by atoms with Crippen molar-refractivity contribution in [1.82, 2.24) is 9.55 Å². The van der Waals surface area contributed by atoms with E-state index in [2.05, 4.69) is 9.55 Å². The Morgan fingerprint density at radius 3 is 2.90 bits per heavy atom. The maximum atomic E-state index is 10.9. The third kappa shape index (κ3) is 3.01. The Morgan fingerprint density at radius 1 is 1.38 bits per heavy atom. The first-order valence-corrected chi connectivity index (χ1v) is 7.75. The van der Waals surface area contributed by atoms with Crippen LogP contribution in [0.5, 0.6) is 0 Å². The summed E-state index contributed by atoms with van der Waals surface area (Å²) in [6, 6.07) is 4.03. The molecule has 6 heteroatoms. The average molecular weight is 327 g/mol. The molecule has 0 spiro atoms. The first-order chi connectivity index (χ1) is 10.0. The molecule has 3 rings (SSSR count). The Labute approximate surface area is 133 Å². The number of rotatable bonds is 3. The standard InChI is InChI=1S/C15H16Cl2N2O2/c1-9(20)21-7-10-2-3-11(4-10)19-8-18-14-5-12(16)13(17)6-15(14)19/h5-6,8,10-11H,2-4,7H2,1H3/t10-,11-/m0/s1. The zero-order valence-corrected chi connectivity index (χ0v) is 13.2. The Kier molecular flexibility index (Phi) is 4.09. The number of ether oxygens (including phenoxy) is 1. The third-order valence-electron chi connectivity index (χ3n) is 4.05. The minimum atomic E-state index is -0.215. The van der Waals surface area contributed by atoms with Gasteiger partial charge in [-0.3, -0.25) is 4.79 Å². The van der Waals surface area contributed by atoms with Crippen LogP contribution in [0.25, 0.3) is 11.0 Å². The van der Waals surface area contributed by atoms with Gasteiger partial charge in [-0.05, 0) is 37.3 Å². The number of aromatic nitrogens is 2. The van der Waals surface area contributed by atoms with Crippen LogP contribution in [0, 0.1) is 5.92 Å². The van der Waals surface area contributed by atoms with Crippen molar-refractivity contribution in [3.8, 4) is 0 Å². The summed E-state index contributed by atoms with van der Waals surface area (Å²) >= 11 is 12.1. The minimum Gasteiger partial charge on any atom is -0.466 e. The van der Waals surface area contributed by atoms with Crippen molar-refractivity contribution in [1.29, 1.82) is 0 Å². The lowest BCUT2D eigenvalue weighted by atomic mass is 10.1. The Hall–Kier alpha value is -1.26. The lowest BCUT2D eigenvalue weighted by molar-refractivity contribution is -0.142. The molecular weight excluding hydrogens is 311 g/mol. The van der Waals surface area contributed by atoms with Crippen LogP contribution in [0.2, 0.25) is 10.0 Å². The van der Waals surface area contributed by atoms with Crippen LogP contribution in [0.3, 0.4) is 0 Å². The smallest absolute Gasteiger partial charge is 0.302 e. The van der Waals surface area contributed by atoms with Crippen molar-refractivity contribution in [3.63, 3.8) is 0 Å². The molecule has 0 unspecified atom stereocenters. The van der Waals surface area contributed by atoms with Gasteiger partial charge in [0.25, 0.3) is 0 Å². The highest BCUT2D eigenvalue weighted by molar-refractivity contribution is 6.42. The van der Waals surface area contributed by atoms with Crippen molar-refractivity contribution in [2.75, 3.05) is 6.61 Å². The van der Waals surface area contributed by atoms with Gasteiger partial charge in [0, 0.05) is 13.0 Å². The predicted octanol–water partition coefficient (Wildman–Crippen LogP) is 4.25. The first-order valence-electron chi connectivity index (χ1n) is 6.99. The molecule has 1 fully saturated rings. The van der Waals surface area contributed by atoms with Gasteiger partial charge >= 0.3 is 5.97 Å². The highest BCUT2D eigenvalue weighted by atomic mass is 35.5. The van der Waals surface area contributed by atoms with E-state index in [4.69, 9.17) is 27.9 Å². The monoisotopic (exact) mass is 326 g/mol. The van der Waals surface area contributed by atoms with Crippen LogP contribution < -0.4 is 0 Å². The molecule has 0 radical (unpaired) electrons. The van der Waals surface area contributed by atoms with E-state index in [0.717, 1.165) is 30.3 Å². The maximum Gasteiger partial charge on any atom is 0.302 e. The SMILES string of the molecule is CC(=O)OC[C@H]1CC[C@H](n2cnc3cc(Cl)c(Cl)cc32)C1. The summed E-state index contributed by atoms with van der Waals surface area (Å²) < 4.78 is 7.27. The molecule has 0 aliphatic heterocycles. The van der Waals surface area contributed by atoms with Gasteiger partial charge in [-0.1, -0.05) is 23.2 Å². The largest absolute Gasteiger partial charge is 0.466 e. The predicted molar refractivity (Wildman–Crippen MR) is 82.8 cm³/mol. The van der Waals surface area contributed by atoms with E-state index in [1.165, 1.54) is 6.92 Å². The second kappa shape index (κ2) is 5.85. The van der Waals surface area contributed by atoms with Gasteiger partial charge in [0.05, 0.1) is 34.0 Å². The molecule has 0 saturated heterocycles. The van der Waals surface area contributed by atoms with Gasteiger partial charge in [-0.15, -0.1) is 0 Å². The van der Waals surface area contributed by atoms with Crippen LogP contribution in [0.4, 0.5) is 0 Å². The van der Waals surface area contributed by atoms with Crippen molar-refractivity contribution < 1.29 is 9.53 Å². The lowest BCUT2D eigenvalue weighted by Crippen LogP contribution is -2.10. The van der Waals surface area contributed by atoms with E-state index in [1.54, 1.807) is 6.07 Å². The summed E-state index contributed by atoms with van der Waals surface area (Å²) in [5.74, 6) is 0.201. The molecule has 21 heavy (non-hydrogen) atoms. The molecule has 4 nitrogen and oxygen atoms in total. The molecule has 1 saturated carbocycles. The van der Waals surface area contributed by atoms with E-state index in [-0.39, 0.29) is 5.97 Å². The summed E-state index contributed by atoms with van der Waals surface area (Å²) in [6.45, 7) is 1.95. The number of halogens is 2. The zero-order chi connectivity index (χ0) is 15.0. The number of carbonyl (C=O) groups is 1. The Morgan fingerprint density at radius 2 is 2.14 bits per heavy atom. The van der Waals surface area contributed by atoms with Gasteiger partial charge in [-0.25, -0.2) is 4.98 Å². The summed E-state index contributed by atoms with van der Waals surface area (Å²) in [5.41, 5.74) is 1.86. The topological polar surface area (TPSA) is 44.1 Å². The average Bonchev–Trinajstić information content (AvgIpc) is 3.03. The molecule has 2 aromatic rings. The molecule has 2 atom stereocenters. The summed E-state index contributed by atoms with van der Waals surface area (Å²) in [5, 5.41) is 1.06. The van der Waals surface area contributed by atoms with E-state index in [1.807, 2.05) is 12.4 Å². The van der Waals surface area contributed by atoms with E-state index >= 15 is 0 Å². The number of carbonyl (C=O) groups excluding carboxylic acids is 1. The number of nitrogens with zero attached hydrogens (tertiary/aromatic N) is 2. The third-order valence-corrected chi connectivity index (χ3v) is 4.77. The van der Waals surface area contributed by atoms with Gasteiger partial charge in [-0.2, -0.15) is 0 Å². The molecule has 0 amide bonds. The molecule has 1 heterocycles. The molecule has 0 bridgehead atoms. The number of benzene rings is 1. The van der Waals surface area contributed by atoms with Crippen molar-refractivity contribution in [2.45, 2.75) is 32.2 Å². The van der Waals surface area contributed by atoms with Gasteiger partial charge < -0.3 is 9.30 Å².